The first-order valence-corrected chi connectivity index (χ1v) is 3.25. The zero-order chi connectivity index (χ0) is 7.68. The maximum absolute atomic E-state index is 5.36. The van der Waals surface area contributed by atoms with Crippen molar-refractivity contribution in [2.45, 2.75) is 0 Å². The first-order valence-electron chi connectivity index (χ1n) is 3.25. The standard InChI is InChI=1S/C8H7NO2/c9-8-5-10-6-3-1-2-4-7(6)11-8/h1-5H,9H2. The maximum Gasteiger partial charge on any atom is 0.226 e. The Morgan fingerprint density at radius 1 is 1.09 bits per heavy atom. The van der Waals surface area contributed by atoms with Gasteiger partial charge in [0.15, 0.2) is 17.8 Å². The van der Waals surface area contributed by atoms with E-state index in [1.165, 1.54) is 6.26 Å². The van der Waals surface area contributed by atoms with E-state index in [0.717, 1.165) is 0 Å². The lowest BCUT2D eigenvalue weighted by atomic mass is 10.3. The molecule has 2 rings (SSSR count). The topological polar surface area (TPSA) is 44.5 Å². The van der Waals surface area contributed by atoms with Crippen molar-refractivity contribution in [3.63, 3.8) is 0 Å². The molecule has 0 saturated heterocycles. The molecule has 11 heavy (non-hydrogen) atoms. The Bertz CT molecular complexity index is 307. The van der Waals surface area contributed by atoms with Gasteiger partial charge in [0.25, 0.3) is 0 Å². The molecule has 0 aromatic heterocycles. The SMILES string of the molecule is NC1=COc2ccccc2O1. The second-order valence-corrected chi connectivity index (χ2v) is 2.19. The van der Waals surface area contributed by atoms with Crippen molar-refractivity contribution in [2.24, 2.45) is 5.73 Å². The molecule has 0 amide bonds. The van der Waals surface area contributed by atoms with E-state index in [0.29, 0.717) is 11.5 Å². The summed E-state index contributed by atoms with van der Waals surface area (Å²) in [6.45, 7) is 0. The summed E-state index contributed by atoms with van der Waals surface area (Å²) in [5, 5.41) is 0. The molecule has 1 aliphatic heterocycles. The van der Waals surface area contributed by atoms with E-state index >= 15 is 0 Å². The zero-order valence-electron chi connectivity index (χ0n) is 5.78. The highest BCUT2D eigenvalue weighted by Crippen LogP contribution is 2.30. The van der Waals surface area contributed by atoms with Crippen LogP contribution in [0.5, 0.6) is 11.5 Å². The zero-order valence-corrected chi connectivity index (χ0v) is 5.78. The normalized spacial score (nSPS) is 14.0. The first-order chi connectivity index (χ1) is 5.36. The van der Waals surface area contributed by atoms with E-state index in [4.69, 9.17) is 15.2 Å². The molecule has 0 bridgehead atoms. The minimum Gasteiger partial charge on any atom is -0.456 e. The van der Waals surface area contributed by atoms with Gasteiger partial charge in [0.05, 0.1) is 0 Å². The van der Waals surface area contributed by atoms with E-state index in [-0.39, 0.29) is 5.88 Å². The monoisotopic (exact) mass is 149 g/mol. The molecule has 0 radical (unpaired) electrons. The van der Waals surface area contributed by atoms with Gasteiger partial charge in [-0.25, -0.2) is 0 Å². The number of benzene rings is 1. The highest BCUT2D eigenvalue weighted by Gasteiger charge is 2.09. The summed E-state index contributed by atoms with van der Waals surface area (Å²) < 4.78 is 10.3. The molecule has 0 saturated carbocycles. The number of nitrogens with two attached hydrogens (primary N) is 1. The number of rotatable bonds is 0. The molecular formula is C8H7NO2. The van der Waals surface area contributed by atoms with E-state index < -0.39 is 0 Å². The Labute approximate surface area is 64.0 Å². The van der Waals surface area contributed by atoms with Crippen LogP contribution < -0.4 is 15.2 Å². The predicted octanol–water partition coefficient (Wildman–Crippen LogP) is 1.22. The summed E-state index contributed by atoms with van der Waals surface area (Å²) in [5.41, 5.74) is 5.36. The van der Waals surface area contributed by atoms with Gasteiger partial charge in [-0.1, -0.05) is 12.1 Å². The van der Waals surface area contributed by atoms with Gasteiger partial charge in [-0.05, 0) is 12.1 Å². The summed E-state index contributed by atoms with van der Waals surface area (Å²) in [7, 11) is 0. The first kappa shape index (κ1) is 6.09. The van der Waals surface area contributed by atoms with Crippen LogP contribution in [-0.4, -0.2) is 0 Å². The van der Waals surface area contributed by atoms with Crippen molar-refractivity contribution in [3.05, 3.63) is 36.4 Å². The second kappa shape index (κ2) is 2.20. The van der Waals surface area contributed by atoms with Crippen LogP contribution in [0.1, 0.15) is 0 Å². The summed E-state index contributed by atoms with van der Waals surface area (Å²) in [5.74, 6) is 1.64. The molecular weight excluding hydrogens is 142 g/mol. The molecule has 1 aromatic carbocycles. The largest absolute Gasteiger partial charge is 0.456 e. The fraction of sp³-hybridized carbons (Fsp3) is 0. The molecule has 0 atom stereocenters. The lowest BCUT2D eigenvalue weighted by Crippen LogP contribution is -2.11. The smallest absolute Gasteiger partial charge is 0.226 e. The van der Waals surface area contributed by atoms with Crippen molar-refractivity contribution in [1.29, 1.82) is 0 Å². The van der Waals surface area contributed by atoms with Crippen molar-refractivity contribution in [3.8, 4) is 11.5 Å². The molecule has 0 unspecified atom stereocenters. The minimum absolute atomic E-state index is 0.281. The van der Waals surface area contributed by atoms with Gasteiger partial charge in [0, 0.05) is 0 Å². The van der Waals surface area contributed by atoms with Crippen LogP contribution in [0, 0.1) is 0 Å². The van der Waals surface area contributed by atoms with Gasteiger partial charge in [0.2, 0.25) is 5.88 Å². The van der Waals surface area contributed by atoms with Crippen molar-refractivity contribution >= 4 is 0 Å². The molecule has 3 nitrogen and oxygen atoms in total. The highest BCUT2D eigenvalue weighted by molar-refractivity contribution is 5.42. The third-order valence-corrected chi connectivity index (χ3v) is 1.38. The van der Waals surface area contributed by atoms with Gasteiger partial charge in [0.1, 0.15) is 0 Å². The van der Waals surface area contributed by atoms with Crippen LogP contribution in [0.2, 0.25) is 0 Å². The quantitative estimate of drug-likeness (QED) is 0.603. The number of ether oxygens (including phenoxy) is 2. The van der Waals surface area contributed by atoms with Crippen LogP contribution in [0.25, 0.3) is 0 Å². The number of fused-ring (bicyclic) bond motifs is 1. The van der Waals surface area contributed by atoms with Crippen LogP contribution in [0.15, 0.2) is 36.4 Å². The third-order valence-electron chi connectivity index (χ3n) is 1.38. The van der Waals surface area contributed by atoms with Crippen molar-refractivity contribution < 1.29 is 9.47 Å². The predicted molar refractivity (Wildman–Crippen MR) is 40.0 cm³/mol. The number of para-hydroxylation sites is 2. The summed E-state index contributed by atoms with van der Waals surface area (Å²) in [6.07, 6.45) is 1.38. The van der Waals surface area contributed by atoms with Crippen LogP contribution in [0.3, 0.4) is 0 Å². The molecule has 1 aliphatic rings. The lowest BCUT2D eigenvalue weighted by molar-refractivity contribution is 0.322. The van der Waals surface area contributed by atoms with E-state index in [2.05, 4.69) is 0 Å². The van der Waals surface area contributed by atoms with Gasteiger partial charge in [-0.3, -0.25) is 0 Å². The van der Waals surface area contributed by atoms with Gasteiger partial charge in [-0.2, -0.15) is 0 Å². The lowest BCUT2D eigenvalue weighted by Gasteiger charge is -2.14. The molecule has 0 fully saturated rings. The maximum atomic E-state index is 5.36. The molecule has 3 heteroatoms. The Balaban J connectivity index is 2.42. The van der Waals surface area contributed by atoms with Crippen LogP contribution in [0.4, 0.5) is 0 Å². The average Bonchev–Trinajstić information content (AvgIpc) is 2.04. The molecule has 1 heterocycles. The van der Waals surface area contributed by atoms with Crippen molar-refractivity contribution in [2.75, 3.05) is 0 Å². The Morgan fingerprint density at radius 3 is 2.64 bits per heavy atom. The van der Waals surface area contributed by atoms with E-state index in [9.17, 15) is 0 Å². The number of hydrogen-bond acceptors (Lipinski definition) is 3. The van der Waals surface area contributed by atoms with Crippen molar-refractivity contribution in [1.82, 2.24) is 0 Å². The molecule has 2 N–H and O–H groups in total. The second-order valence-electron chi connectivity index (χ2n) is 2.19. The molecule has 0 spiro atoms. The molecule has 56 valence electrons. The summed E-state index contributed by atoms with van der Waals surface area (Å²) >= 11 is 0. The average molecular weight is 149 g/mol. The fourth-order valence-electron chi connectivity index (χ4n) is 0.904. The molecule has 0 aliphatic carbocycles. The Hall–Kier alpha value is -1.64. The number of hydrogen-bond donors (Lipinski definition) is 1. The van der Waals surface area contributed by atoms with Gasteiger partial charge < -0.3 is 15.2 Å². The van der Waals surface area contributed by atoms with Crippen LogP contribution >= 0.6 is 0 Å². The minimum atomic E-state index is 0.281. The van der Waals surface area contributed by atoms with E-state index in [1.54, 1.807) is 6.07 Å². The van der Waals surface area contributed by atoms with Gasteiger partial charge in [-0.15, -0.1) is 0 Å². The summed E-state index contributed by atoms with van der Waals surface area (Å²) in [4.78, 5) is 0. The van der Waals surface area contributed by atoms with E-state index in [1.807, 2.05) is 18.2 Å². The fourth-order valence-corrected chi connectivity index (χ4v) is 0.904. The summed E-state index contributed by atoms with van der Waals surface area (Å²) in [6, 6.07) is 7.35. The Kier molecular flexibility index (Phi) is 1.22. The van der Waals surface area contributed by atoms with Crippen LogP contribution in [-0.2, 0) is 0 Å². The Morgan fingerprint density at radius 2 is 1.82 bits per heavy atom. The highest BCUT2D eigenvalue weighted by atomic mass is 16.6. The van der Waals surface area contributed by atoms with Gasteiger partial charge >= 0.3 is 0 Å². The third kappa shape index (κ3) is 1.00. The molecule has 1 aromatic rings.